The number of carbonyl (C=O) groups excluding carboxylic acids is 2. The first-order valence-corrected chi connectivity index (χ1v) is 10.4. The number of hydrogen-bond donors (Lipinski definition) is 1. The fourth-order valence-corrected chi connectivity index (χ4v) is 3.81. The largest absolute Gasteiger partial charge is 0.497 e. The lowest BCUT2D eigenvalue weighted by Crippen LogP contribution is -2.47. The van der Waals surface area contributed by atoms with Gasteiger partial charge in [-0.15, -0.1) is 11.8 Å². The van der Waals surface area contributed by atoms with Crippen molar-refractivity contribution < 1.29 is 14.3 Å². The van der Waals surface area contributed by atoms with Crippen molar-refractivity contribution in [3.8, 4) is 5.75 Å². The maximum atomic E-state index is 12.9. The highest BCUT2D eigenvalue weighted by Crippen LogP contribution is 2.19. The average molecular weight is 401 g/mol. The molecule has 5 nitrogen and oxygen atoms in total. The van der Waals surface area contributed by atoms with Gasteiger partial charge in [0.05, 0.1) is 12.9 Å². The Morgan fingerprint density at radius 1 is 1.14 bits per heavy atom. The predicted octanol–water partition coefficient (Wildman–Crippen LogP) is 3.40. The molecule has 0 bridgehead atoms. The van der Waals surface area contributed by atoms with Gasteiger partial charge in [-0.1, -0.05) is 36.4 Å². The quantitative estimate of drug-likeness (QED) is 0.701. The SMILES string of the molecule is CNC(=O)C(C)N(Cc1ccc(OC)cc1)C(=O)CSCc1ccccc1C. The minimum atomic E-state index is -0.543. The van der Waals surface area contributed by atoms with E-state index in [0.29, 0.717) is 12.3 Å². The number of nitrogens with one attached hydrogen (secondary N) is 1. The van der Waals surface area contributed by atoms with Gasteiger partial charge >= 0.3 is 0 Å². The molecule has 0 saturated heterocycles. The van der Waals surface area contributed by atoms with E-state index in [1.807, 2.05) is 36.4 Å². The number of carbonyl (C=O) groups is 2. The first kappa shape index (κ1) is 21.8. The topological polar surface area (TPSA) is 58.6 Å². The van der Waals surface area contributed by atoms with E-state index >= 15 is 0 Å². The summed E-state index contributed by atoms with van der Waals surface area (Å²) in [7, 11) is 3.20. The highest BCUT2D eigenvalue weighted by Gasteiger charge is 2.25. The van der Waals surface area contributed by atoms with Crippen molar-refractivity contribution in [3.05, 3.63) is 65.2 Å². The zero-order valence-corrected chi connectivity index (χ0v) is 17.7. The average Bonchev–Trinajstić information content (AvgIpc) is 2.72. The van der Waals surface area contributed by atoms with E-state index in [1.165, 1.54) is 11.1 Å². The molecule has 28 heavy (non-hydrogen) atoms. The molecule has 1 N–H and O–H groups in total. The monoisotopic (exact) mass is 400 g/mol. The van der Waals surface area contributed by atoms with Gasteiger partial charge in [-0.2, -0.15) is 0 Å². The summed E-state index contributed by atoms with van der Waals surface area (Å²) in [5.41, 5.74) is 3.39. The predicted molar refractivity (Wildman–Crippen MR) is 114 cm³/mol. The molecule has 1 unspecified atom stereocenters. The van der Waals surface area contributed by atoms with E-state index in [9.17, 15) is 9.59 Å². The van der Waals surface area contributed by atoms with Crippen LogP contribution in [0.1, 0.15) is 23.6 Å². The Morgan fingerprint density at radius 3 is 2.43 bits per heavy atom. The van der Waals surface area contributed by atoms with Crippen molar-refractivity contribution in [2.45, 2.75) is 32.2 Å². The molecule has 0 saturated carbocycles. The Bertz CT molecular complexity index is 793. The van der Waals surface area contributed by atoms with E-state index < -0.39 is 6.04 Å². The summed E-state index contributed by atoms with van der Waals surface area (Å²) in [6.45, 7) is 4.20. The number of likely N-dealkylation sites (N-methyl/N-ethyl adjacent to an activating group) is 1. The van der Waals surface area contributed by atoms with E-state index in [1.54, 1.807) is 37.7 Å². The highest BCUT2D eigenvalue weighted by atomic mass is 32.2. The molecule has 0 aliphatic carbocycles. The van der Waals surface area contributed by atoms with Crippen LogP contribution in [0.5, 0.6) is 5.75 Å². The normalized spacial score (nSPS) is 11.6. The standard InChI is InChI=1S/C22H28N2O3S/c1-16-7-5-6-8-19(16)14-28-15-21(25)24(17(2)22(26)23-3)13-18-9-11-20(27-4)12-10-18/h5-12,17H,13-15H2,1-4H3,(H,23,26). The molecule has 2 aromatic carbocycles. The molecule has 1 atom stereocenters. The van der Waals surface area contributed by atoms with Gasteiger partial charge in [0.15, 0.2) is 0 Å². The number of ether oxygens (including phenoxy) is 1. The fourth-order valence-electron chi connectivity index (χ4n) is 2.82. The second kappa shape index (κ2) is 10.8. The molecule has 0 heterocycles. The smallest absolute Gasteiger partial charge is 0.242 e. The van der Waals surface area contributed by atoms with E-state index in [4.69, 9.17) is 4.74 Å². The van der Waals surface area contributed by atoms with Crippen molar-refractivity contribution in [1.82, 2.24) is 10.2 Å². The maximum absolute atomic E-state index is 12.9. The molecule has 0 aliphatic heterocycles. The van der Waals surface area contributed by atoms with Gasteiger partial charge in [0.1, 0.15) is 11.8 Å². The molecular formula is C22H28N2O3S. The minimum absolute atomic E-state index is 0.0505. The summed E-state index contributed by atoms with van der Waals surface area (Å²) in [5, 5.41) is 2.63. The highest BCUT2D eigenvalue weighted by molar-refractivity contribution is 7.99. The number of thioether (sulfide) groups is 1. The van der Waals surface area contributed by atoms with Gasteiger partial charge in [-0.25, -0.2) is 0 Å². The molecule has 2 rings (SSSR count). The second-order valence-electron chi connectivity index (χ2n) is 6.58. The molecular weight excluding hydrogens is 372 g/mol. The summed E-state index contributed by atoms with van der Waals surface area (Å²) >= 11 is 1.57. The lowest BCUT2D eigenvalue weighted by Gasteiger charge is -2.28. The van der Waals surface area contributed by atoms with Crippen LogP contribution in [0.15, 0.2) is 48.5 Å². The number of hydrogen-bond acceptors (Lipinski definition) is 4. The Labute approximate surface area is 171 Å². The first-order chi connectivity index (χ1) is 13.5. The van der Waals surface area contributed by atoms with Crippen LogP contribution in [-0.4, -0.2) is 42.7 Å². The number of methoxy groups -OCH3 is 1. The Kier molecular flexibility index (Phi) is 8.39. The first-order valence-electron chi connectivity index (χ1n) is 9.22. The molecule has 6 heteroatoms. The van der Waals surface area contributed by atoms with Gasteiger partial charge < -0.3 is 15.0 Å². The van der Waals surface area contributed by atoms with Crippen LogP contribution in [0, 0.1) is 6.92 Å². The Balaban J connectivity index is 2.05. The number of rotatable bonds is 9. The molecule has 0 aromatic heterocycles. The molecule has 150 valence electrons. The van der Waals surface area contributed by atoms with Crippen molar-refractivity contribution in [2.75, 3.05) is 19.9 Å². The van der Waals surface area contributed by atoms with Crippen molar-refractivity contribution in [2.24, 2.45) is 0 Å². The zero-order chi connectivity index (χ0) is 20.5. The third-order valence-electron chi connectivity index (χ3n) is 4.67. The molecule has 0 fully saturated rings. The molecule has 0 aliphatic rings. The van der Waals surface area contributed by atoms with Crippen LogP contribution < -0.4 is 10.1 Å². The van der Waals surface area contributed by atoms with Crippen molar-refractivity contribution in [1.29, 1.82) is 0 Å². The van der Waals surface area contributed by atoms with Gasteiger partial charge in [0.2, 0.25) is 11.8 Å². The van der Waals surface area contributed by atoms with E-state index in [0.717, 1.165) is 17.1 Å². The number of nitrogens with zero attached hydrogens (tertiary/aromatic N) is 1. The Hall–Kier alpha value is -2.47. The molecule has 2 amide bonds. The molecule has 0 radical (unpaired) electrons. The van der Waals surface area contributed by atoms with Gasteiger partial charge in [0.25, 0.3) is 0 Å². The maximum Gasteiger partial charge on any atom is 0.242 e. The fraction of sp³-hybridized carbons (Fsp3) is 0.364. The van der Waals surface area contributed by atoms with Crippen LogP contribution in [0.2, 0.25) is 0 Å². The van der Waals surface area contributed by atoms with Gasteiger partial charge in [-0.3, -0.25) is 9.59 Å². The second-order valence-corrected chi connectivity index (χ2v) is 7.56. The van der Waals surface area contributed by atoms with Crippen LogP contribution in [0.25, 0.3) is 0 Å². The van der Waals surface area contributed by atoms with E-state index in [-0.39, 0.29) is 11.8 Å². The van der Waals surface area contributed by atoms with Crippen LogP contribution >= 0.6 is 11.8 Å². The minimum Gasteiger partial charge on any atom is -0.497 e. The number of benzene rings is 2. The molecule has 0 spiro atoms. The van der Waals surface area contributed by atoms with Crippen LogP contribution in [0.4, 0.5) is 0 Å². The third-order valence-corrected chi connectivity index (χ3v) is 5.64. The summed E-state index contributed by atoms with van der Waals surface area (Å²) in [6.07, 6.45) is 0. The third kappa shape index (κ3) is 6.02. The van der Waals surface area contributed by atoms with Gasteiger partial charge in [-0.05, 0) is 42.7 Å². The van der Waals surface area contributed by atoms with Crippen LogP contribution in [0.3, 0.4) is 0 Å². The summed E-state index contributed by atoms with van der Waals surface area (Å²) in [6, 6.07) is 15.2. The number of aryl methyl sites for hydroxylation is 1. The summed E-state index contributed by atoms with van der Waals surface area (Å²) in [5.74, 6) is 1.63. The van der Waals surface area contributed by atoms with Crippen molar-refractivity contribution >= 4 is 23.6 Å². The van der Waals surface area contributed by atoms with E-state index in [2.05, 4.69) is 24.4 Å². The zero-order valence-electron chi connectivity index (χ0n) is 16.9. The lowest BCUT2D eigenvalue weighted by molar-refractivity contribution is -0.138. The van der Waals surface area contributed by atoms with Crippen molar-refractivity contribution in [3.63, 3.8) is 0 Å². The summed E-state index contributed by atoms with van der Waals surface area (Å²) < 4.78 is 5.18. The Morgan fingerprint density at radius 2 is 1.82 bits per heavy atom. The lowest BCUT2D eigenvalue weighted by atomic mass is 10.1. The van der Waals surface area contributed by atoms with Crippen LogP contribution in [-0.2, 0) is 21.9 Å². The molecule has 2 aromatic rings. The number of amides is 2. The van der Waals surface area contributed by atoms with Gasteiger partial charge in [0, 0.05) is 19.3 Å². The summed E-state index contributed by atoms with van der Waals surface area (Å²) in [4.78, 5) is 26.7.